The number of thiazole rings is 2. The van der Waals surface area contributed by atoms with Gasteiger partial charge < -0.3 is 5.32 Å². The van der Waals surface area contributed by atoms with Crippen molar-refractivity contribution in [1.29, 1.82) is 0 Å². The van der Waals surface area contributed by atoms with E-state index in [1.165, 1.54) is 22.7 Å². The van der Waals surface area contributed by atoms with Crippen molar-refractivity contribution in [3.63, 3.8) is 0 Å². The molecule has 0 bridgehead atoms. The molecule has 1 saturated carbocycles. The molecule has 2 aromatic heterocycles. The number of alkyl halides is 3. The van der Waals surface area contributed by atoms with Gasteiger partial charge in [0, 0.05) is 28.6 Å². The summed E-state index contributed by atoms with van der Waals surface area (Å²) < 4.78 is 37.1. The molecule has 1 N–H and O–H groups in total. The molecule has 0 aliphatic heterocycles. The third-order valence-corrected chi connectivity index (χ3v) is 6.16. The van der Waals surface area contributed by atoms with Crippen LogP contribution in [0.15, 0.2) is 23.7 Å². The predicted octanol–water partition coefficient (Wildman–Crippen LogP) is 5.16. The van der Waals surface area contributed by atoms with Gasteiger partial charge in [-0.25, -0.2) is 9.97 Å². The number of allylic oxidation sites excluding steroid dienone is 1. The van der Waals surface area contributed by atoms with Crippen LogP contribution in [0.2, 0.25) is 0 Å². The molecule has 0 radical (unpaired) electrons. The topological polar surface area (TPSA) is 54.9 Å². The van der Waals surface area contributed by atoms with Crippen LogP contribution in [-0.4, -0.2) is 28.6 Å². The predicted molar refractivity (Wildman–Crippen MR) is 96.6 cm³/mol. The number of nitrogens with one attached hydrogen (secondary N) is 1. The molecule has 26 heavy (non-hydrogen) atoms. The van der Waals surface area contributed by atoms with Crippen molar-refractivity contribution in [2.75, 3.05) is 6.54 Å². The van der Waals surface area contributed by atoms with Gasteiger partial charge in [0.2, 0.25) is 0 Å². The van der Waals surface area contributed by atoms with E-state index in [0.717, 1.165) is 27.7 Å². The van der Waals surface area contributed by atoms with E-state index in [4.69, 9.17) is 0 Å². The number of unbranched alkanes of at least 4 members (excludes halogenated alkanes) is 1. The molecule has 0 atom stereocenters. The molecular formula is C17H18F3N3OS2. The van der Waals surface area contributed by atoms with Crippen LogP contribution in [0, 0.1) is 0 Å². The normalized spacial score (nSPS) is 14.4. The second kappa shape index (κ2) is 7.87. The zero-order valence-electron chi connectivity index (χ0n) is 13.9. The van der Waals surface area contributed by atoms with Gasteiger partial charge in [-0.05, 0) is 38.0 Å². The number of aromatic nitrogens is 2. The highest BCUT2D eigenvalue weighted by molar-refractivity contribution is 7.20. The first kappa shape index (κ1) is 19.0. The van der Waals surface area contributed by atoms with Gasteiger partial charge in [-0.1, -0.05) is 6.58 Å². The maximum atomic E-state index is 12.5. The SMILES string of the molecule is C=C(CCCCNC(=O)c1nc(-c2nccs2)sc1C1CC1)C(F)(F)F. The second-order valence-electron chi connectivity index (χ2n) is 6.16. The standard InChI is InChI=1S/C17H18F3N3OS2/c1-10(17(18,19)20)4-2-3-7-21-14(24)12-13(11-5-6-11)26-16(23-12)15-22-8-9-25-15/h8-9,11H,1-7H2,(H,21,24). The molecule has 2 heterocycles. The minimum absolute atomic E-state index is 0.114. The van der Waals surface area contributed by atoms with Gasteiger partial charge in [0.05, 0.1) is 0 Å². The number of amides is 1. The Morgan fingerprint density at radius 1 is 1.31 bits per heavy atom. The highest BCUT2D eigenvalue weighted by atomic mass is 32.1. The molecule has 0 unspecified atom stereocenters. The molecule has 1 aliphatic rings. The summed E-state index contributed by atoms with van der Waals surface area (Å²) in [5.74, 6) is 0.123. The van der Waals surface area contributed by atoms with Crippen molar-refractivity contribution in [2.24, 2.45) is 0 Å². The average molecular weight is 401 g/mol. The molecule has 3 rings (SSSR count). The fourth-order valence-corrected chi connectivity index (χ4v) is 4.34. The summed E-state index contributed by atoms with van der Waals surface area (Å²) in [4.78, 5) is 22.1. The Hall–Kier alpha value is -1.74. The Labute approximate surface area is 157 Å². The minimum Gasteiger partial charge on any atom is -0.351 e. The Morgan fingerprint density at radius 2 is 2.08 bits per heavy atom. The van der Waals surface area contributed by atoms with E-state index in [9.17, 15) is 18.0 Å². The summed E-state index contributed by atoms with van der Waals surface area (Å²) in [6.45, 7) is 3.36. The van der Waals surface area contributed by atoms with E-state index < -0.39 is 11.7 Å². The molecule has 4 nitrogen and oxygen atoms in total. The van der Waals surface area contributed by atoms with Crippen LogP contribution in [-0.2, 0) is 0 Å². The van der Waals surface area contributed by atoms with Gasteiger partial charge in [0.15, 0.2) is 10.0 Å². The van der Waals surface area contributed by atoms with E-state index in [1.54, 1.807) is 6.20 Å². The summed E-state index contributed by atoms with van der Waals surface area (Å²) in [5, 5.41) is 6.17. The highest BCUT2D eigenvalue weighted by Gasteiger charge is 2.33. The largest absolute Gasteiger partial charge is 0.412 e. The minimum atomic E-state index is -4.34. The number of nitrogens with zero attached hydrogens (tertiary/aromatic N) is 2. The van der Waals surface area contributed by atoms with E-state index in [-0.39, 0.29) is 12.3 Å². The van der Waals surface area contributed by atoms with Crippen LogP contribution in [0.3, 0.4) is 0 Å². The first-order valence-corrected chi connectivity index (χ1v) is 9.99. The van der Waals surface area contributed by atoms with Gasteiger partial charge in [0.1, 0.15) is 5.69 Å². The van der Waals surface area contributed by atoms with E-state index >= 15 is 0 Å². The van der Waals surface area contributed by atoms with Crippen LogP contribution in [0.4, 0.5) is 13.2 Å². The quantitative estimate of drug-likeness (QED) is 0.491. The van der Waals surface area contributed by atoms with Crippen molar-refractivity contribution in [3.05, 3.63) is 34.3 Å². The third kappa shape index (κ3) is 4.70. The number of hydrogen-bond donors (Lipinski definition) is 1. The van der Waals surface area contributed by atoms with Crippen molar-refractivity contribution in [1.82, 2.24) is 15.3 Å². The lowest BCUT2D eigenvalue weighted by Crippen LogP contribution is -2.25. The Balaban J connectivity index is 1.54. The molecule has 0 aromatic carbocycles. The van der Waals surface area contributed by atoms with E-state index in [1.807, 2.05) is 5.38 Å². The van der Waals surface area contributed by atoms with E-state index in [0.29, 0.717) is 31.0 Å². The second-order valence-corrected chi connectivity index (χ2v) is 8.08. The van der Waals surface area contributed by atoms with Crippen molar-refractivity contribution >= 4 is 28.6 Å². The lowest BCUT2D eigenvalue weighted by molar-refractivity contribution is -0.0937. The van der Waals surface area contributed by atoms with Crippen LogP contribution in [0.1, 0.15) is 53.4 Å². The Bertz CT molecular complexity index is 780. The van der Waals surface area contributed by atoms with Gasteiger partial charge >= 0.3 is 6.18 Å². The third-order valence-electron chi connectivity index (χ3n) is 4.02. The molecule has 0 saturated heterocycles. The van der Waals surface area contributed by atoms with Crippen LogP contribution in [0.25, 0.3) is 10.0 Å². The van der Waals surface area contributed by atoms with Crippen molar-refractivity contribution in [3.8, 4) is 10.0 Å². The molecule has 2 aromatic rings. The molecule has 1 aliphatic carbocycles. The Morgan fingerprint density at radius 3 is 2.69 bits per heavy atom. The van der Waals surface area contributed by atoms with Crippen molar-refractivity contribution in [2.45, 2.75) is 44.2 Å². The lowest BCUT2D eigenvalue weighted by Gasteiger charge is -2.09. The maximum absolute atomic E-state index is 12.5. The first-order chi connectivity index (χ1) is 12.4. The van der Waals surface area contributed by atoms with Gasteiger partial charge in [-0.15, -0.1) is 22.7 Å². The fourth-order valence-electron chi connectivity index (χ4n) is 2.43. The van der Waals surface area contributed by atoms with Crippen LogP contribution in [0.5, 0.6) is 0 Å². The zero-order valence-corrected chi connectivity index (χ0v) is 15.6. The summed E-state index contributed by atoms with van der Waals surface area (Å²) in [6.07, 6.45) is 0.150. The summed E-state index contributed by atoms with van der Waals surface area (Å²) in [5.41, 5.74) is -0.296. The smallest absolute Gasteiger partial charge is 0.351 e. The van der Waals surface area contributed by atoms with Crippen LogP contribution < -0.4 is 5.32 Å². The van der Waals surface area contributed by atoms with Gasteiger partial charge in [0.25, 0.3) is 5.91 Å². The summed E-state index contributed by atoms with van der Waals surface area (Å²) >= 11 is 2.98. The summed E-state index contributed by atoms with van der Waals surface area (Å²) in [6, 6.07) is 0. The first-order valence-electron chi connectivity index (χ1n) is 8.30. The number of hydrogen-bond acceptors (Lipinski definition) is 5. The average Bonchev–Trinajstić information content (AvgIpc) is 3.11. The lowest BCUT2D eigenvalue weighted by atomic mass is 10.1. The molecule has 9 heteroatoms. The molecular weight excluding hydrogens is 383 g/mol. The molecule has 0 spiro atoms. The van der Waals surface area contributed by atoms with Gasteiger partial charge in [-0.2, -0.15) is 13.2 Å². The monoisotopic (exact) mass is 401 g/mol. The number of halogens is 3. The number of rotatable bonds is 8. The van der Waals surface area contributed by atoms with E-state index in [2.05, 4.69) is 21.9 Å². The number of carbonyl (C=O) groups excluding carboxylic acids is 1. The fraction of sp³-hybridized carbons (Fsp3) is 0.471. The van der Waals surface area contributed by atoms with Gasteiger partial charge in [-0.3, -0.25) is 4.79 Å². The Kier molecular flexibility index (Phi) is 5.76. The zero-order chi connectivity index (χ0) is 18.7. The molecule has 140 valence electrons. The summed E-state index contributed by atoms with van der Waals surface area (Å²) in [7, 11) is 0. The van der Waals surface area contributed by atoms with Crippen LogP contribution >= 0.6 is 22.7 Å². The highest BCUT2D eigenvalue weighted by Crippen LogP contribution is 2.46. The maximum Gasteiger partial charge on any atom is 0.412 e. The van der Waals surface area contributed by atoms with Crippen molar-refractivity contribution < 1.29 is 18.0 Å². The number of carbonyl (C=O) groups is 1. The molecule has 1 fully saturated rings. The molecule has 1 amide bonds.